The molecule has 1 fully saturated rings. The predicted octanol–water partition coefficient (Wildman–Crippen LogP) is 6.27. The van der Waals surface area contributed by atoms with Crippen LogP contribution in [0.25, 0.3) is 6.08 Å². The Balaban J connectivity index is 1.36. The molecule has 2 aromatic heterocycles. The van der Waals surface area contributed by atoms with Crippen LogP contribution in [0.2, 0.25) is 0 Å². The van der Waals surface area contributed by atoms with Crippen molar-refractivity contribution in [1.82, 2.24) is 9.88 Å². The van der Waals surface area contributed by atoms with Crippen LogP contribution >= 0.6 is 27.7 Å². The molecular weight excluding hydrogens is 606 g/mol. The van der Waals surface area contributed by atoms with E-state index in [1.807, 2.05) is 49.4 Å². The van der Waals surface area contributed by atoms with Gasteiger partial charge < -0.3 is 14.5 Å². The van der Waals surface area contributed by atoms with Gasteiger partial charge in [-0.25, -0.2) is 0 Å². The molecule has 4 aromatic rings. The van der Waals surface area contributed by atoms with E-state index in [1.54, 1.807) is 55.2 Å². The van der Waals surface area contributed by atoms with Crippen molar-refractivity contribution in [1.29, 1.82) is 0 Å². The van der Waals surface area contributed by atoms with E-state index in [0.29, 0.717) is 32.8 Å². The number of carbonyl (C=O) groups excluding carboxylic acids is 2. The molecule has 0 spiro atoms. The van der Waals surface area contributed by atoms with Gasteiger partial charge in [0.05, 0.1) is 23.9 Å². The molecule has 0 aliphatic carbocycles. The van der Waals surface area contributed by atoms with Crippen LogP contribution in [0, 0.1) is 6.92 Å². The van der Waals surface area contributed by atoms with Gasteiger partial charge in [-0.1, -0.05) is 39.7 Å². The van der Waals surface area contributed by atoms with Crippen LogP contribution in [0.5, 0.6) is 5.75 Å². The molecule has 5 rings (SSSR count). The highest BCUT2D eigenvalue weighted by molar-refractivity contribution is 9.10. The Morgan fingerprint density at radius 3 is 2.78 bits per heavy atom. The highest BCUT2D eigenvalue weighted by Gasteiger charge is 2.34. The Hall–Kier alpha value is -4.48. The van der Waals surface area contributed by atoms with Gasteiger partial charge in [0.2, 0.25) is 0 Å². The average molecular weight is 631 g/mol. The standard InChI is InChI=1S/C30H24BrN5O4S/c1-20-6-9-24(10-7-20)34-28(37)19-40-26-11-8-23(31)14-22(26)15-27-29(38)36(18-25-5-3-13-39-25)30(41-27)35-33-17-21-4-2-12-32-16-21/h2-17H,18-19H2,1H3,(H,34,37)/b27-15-,33-17-,35-30+. The second-order valence-electron chi connectivity index (χ2n) is 8.88. The van der Waals surface area contributed by atoms with E-state index in [0.717, 1.165) is 15.6 Å². The fourth-order valence-electron chi connectivity index (χ4n) is 3.76. The summed E-state index contributed by atoms with van der Waals surface area (Å²) >= 11 is 4.67. The Bertz CT molecular complexity index is 1620. The van der Waals surface area contributed by atoms with Crippen LogP contribution in [0.4, 0.5) is 5.69 Å². The number of anilines is 1. The second kappa shape index (κ2) is 13.2. The number of ether oxygens (including phenoxy) is 1. The van der Waals surface area contributed by atoms with Crippen molar-refractivity contribution in [3.05, 3.63) is 117 Å². The number of hydrogen-bond acceptors (Lipinski definition) is 8. The Morgan fingerprint density at radius 2 is 2.02 bits per heavy atom. The number of rotatable bonds is 9. The number of aromatic nitrogens is 1. The summed E-state index contributed by atoms with van der Waals surface area (Å²) in [4.78, 5) is 32.0. The van der Waals surface area contributed by atoms with Gasteiger partial charge >= 0.3 is 0 Å². The average Bonchev–Trinajstić information content (AvgIpc) is 3.59. The molecule has 1 saturated heterocycles. The minimum atomic E-state index is -0.299. The van der Waals surface area contributed by atoms with Gasteiger partial charge in [-0.05, 0) is 73.3 Å². The largest absolute Gasteiger partial charge is 0.483 e. The van der Waals surface area contributed by atoms with Gasteiger partial charge in [0.1, 0.15) is 11.5 Å². The monoisotopic (exact) mass is 629 g/mol. The Kier molecular flexibility index (Phi) is 9.07. The summed E-state index contributed by atoms with van der Waals surface area (Å²) in [6.45, 7) is 1.97. The Morgan fingerprint density at radius 1 is 1.17 bits per heavy atom. The number of nitrogens with one attached hydrogen (secondary N) is 1. The zero-order valence-electron chi connectivity index (χ0n) is 21.9. The molecule has 3 heterocycles. The highest BCUT2D eigenvalue weighted by atomic mass is 79.9. The van der Waals surface area contributed by atoms with Gasteiger partial charge in [0.25, 0.3) is 11.8 Å². The number of amides is 2. The third kappa shape index (κ3) is 7.59. The lowest BCUT2D eigenvalue weighted by Crippen LogP contribution is -2.28. The van der Waals surface area contributed by atoms with Gasteiger partial charge in [-0.3, -0.25) is 19.5 Å². The summed E-state index contributed by atoms with van der Waals surface area (Å²) in [6, 6.07) is 20.1. The summed E-state index contributed by atoms with van der Waals surface area (Å²) in [6.07, 6.45) is 8.18. The maximum absolute atomic E-state index is 13.5. The first-order chi connectivity index (χ1) is 19.9. The number of hydrogen-bond donors (Lipinski definition) is 1. The van der Waals surface area contributed by atoms with E-state index >= 15 is 0 Å². The quantitative estimate of drug-likeness (QED) is 0.133. The Labute approximate surface area is 249 Å². The number of halogens is 1. The zero-order chi connectivity index (χ0) is 28.6. The molecule has 41 heavy (non-hydrogen) atoms. The SMILES string of the molecule is Cc1ccc(NC(=O)COc2ccc(Br)cc2/C=C2\S/C(=N/N=C\c3cccnc3)N(Cc3ccco3)C2=O)cc1. The summed E-state index contributed by atoms with van der Waals surface area (Å²) in [5.74, 6) is 0.498. The van der Waals surface area contributed by atoms with Crippen molar-refractivity contribution < 1.29 is 18.7 Å². The van der Waals surface area contributed by atoms with Crippen LogP contribution in [0.15, 0.2) is 109 Å². The van der Waals surface area contributed by atoms with E-state index in [2.05, 4.69) is 36.4 Å². The second-order valence-corrected chi connectivity index (χ2v) is 10.8. The molecular formula is C30H24BrN5O4S. The number of carbonyl (C=O) groups is 2. The van der Waals surface area contributed by atoms with Crippen LogP contribution < -0.4 is 10.1 Å². The predicted molar refractivity (Wildman–Crippen MR) is 164 cm³/mol. The molecule has 0 atom stereocenters. The first-order valence-electron chi connectivity index (χ1n) is 12.5. The first-order valence-corrected chi connectivity index (χ1v) is 14.1. The van der Waals surface area contributed by atoms with Crippen molar-refractivity contribution in [3.8, 4) is 5.75 Å². The maximum atomic E-state index is 13.5. The number of nitrogens with zero attached hydrogens (tertiary/aromatic N) is 4. The molecule has 0 unspecified atom stereocenters. The molecule has 2 amide bonds. The molecule has 0 radical (unpaired) electrons. The molecule has 1 aliphatic heterocycles. The molecule has 1 aliphatic rings. The topological polar surface area (TPSA) is 109 Å². The van der Waals surface area contributed by atoms with Gasteiger partial charge in [0.15, 0.2) is 11.8 Å². The number of benzene rings is 2. The van der Waals surface area contributed by atoms with Crippen LogP contribution in [0.1, 0.15) is 22.5 Å². The van der Waals surface area contributed by atoms with E-state index in [9.17, 15) is 9.59 Å². The fraction of sp³-hybridized carbons (Fsp3) is 0.100. The van der Waals surface area contributed by atoms with Crippen molar-refractivity contribution in [2.45, 2.75) is 13.5 Å². The van der Waals surface area contributed by atoms with E-state index in [-0.39, 0.29) is 25.0 Å². The fourth-order valence-corrected chi connectivity index (χ4v) is 5.06. The lowest BCUT2D eigenvalue weighted by atomic mass is 10.2. The third-order valence-corrected chi connectivity index (χ3v) is 7.26. The van der Waals surface area contributed by atoms with Crippen molar-refractivity contribution in [2.24, 2.45) is 10.2 Å². The molecule has 11 heteroatoms. The van der Waals surface area contributed by atoms with Crippen LogP contribution in [-0.2, 0) is 16.1 Å². The molecule has 0 bridgehead atoms. The highest BCUT2D eigenvalue weighted by Crippen LogP contribution is 2.36. The molecule has 9 nitrogen and oxygen atoms in total. The summed E-state index contributed by atoms with van der Waals surface area (Å²) in [5, 5.41) is 11.7. The minimum Gasteiger partial charge on any atom is -0.483 e. The number of aryl methyl sites for hydroxylation is 1. The van der Waals surface area contributed by atoms with E-state index in [1.165, 1.54) is 16.7 Å². The summed E-state index contributed by atoms with van der Waals surface area (Å²) < 4.78 is 12.1. The smallest absolute Gasteiger partial charge is 0.267 e. The maximum Gasteiger partial charge on any atom is 0.267 e. The van der Waals surface area contributed by atoms with Gasteiger partial charge in [-0.15, -0.1) is 5.10 Å². The number of pyridine rings is 1. The third-order valence-electron chi connectivity index (χ3n) is 5.77. The van der Waals surface area contributed by atoms with Crippen LogP contribution in [0.3, 0.4) is 0 Å². The molecule has 2 aromatic carbocycles. The van der Waals surface area contributed by atoms with Crippen LogP contribution in [-0.4, -0.2) is 39.7 Å². The lowest BCUT2D eigenvalue weighted by Gasteiger charge is -2.13. The van der Waals surface area contributed by atoms with Gasteiger partial charge in [-0.2, -0.15) is 5.10 Å². The summed E-state index contributed by atoms with van der Waals surface area (Å²) in [5.41, 5.74) is 3.19. The lowest BCUT2D eigenvalue weighted by molar-refractivity contribution is -0.122. The van der Waals surface area contributed by atoms with Gasteiger partial charge in [0, 0.05) is 33.7 Å². The number of furan rings is 1. The minimum absolute atomic E-state index is 0.193. The normalized spacial score (nSPS) is 15.3. The van der Waals surface area contributed by atoms with E-state index < -0.39 is 0 Å². The molecule has 206 valence electrons. The number of amidine groups is 1. The van der Waals surface area contributed by atoms with E-state index in [4.69, 9.17) is 9.15 Å². The molecule has 0 saturated carbocycles. The van der Waals surface area contributed by atoms with Crippen molar-refractivity contribution in [3.63, 3.8) is 0 Å². The number of thioether (sulfide) groups is 1. The van der Waals surface area contributed by atoms with Crippen molar-refractivity contribution in [2.75, 3.05) is 11.9 Å². The first kappa shape index (κ1) is 28.1. The summed E-state index contributed by atoms with van der Waals surface area (Å²) in [7, 11) is 0. The zero-order valence-corrected chi connectivity index (χ0v) is 24.3. The van der Waals surface area contributed by atoms with Crippen molar-refractivity contribution >= 4 is 62.7 Å². The molecule has 1 N–H and O–H groups in total.